The zero-order chi connectivity index (χ0) is 13.7. The first-order chi connectivity index (χ1) is 9.20. The third-order valence-electron chi connectivity index (χ3n) is 3.72. The van der Waals surface area contributed by atoms with Crippen molar-refractivity contribution in [2.75, 3.05) is 13.7 Å². The van der Waals surface area contributed by atoms with Crippen molar-refractivity contribution in [2.45, 2.75) is 32.1 Å². The van der Waals surface area contributed by atoms with Gasteiger partial charge in [-0.15, -0.1) is 0 Å². The van der Waals surface area contributed by atoms with Crippen molar-refractivity contribution in [1.82, 2.24) is 5.32 Å². The van der Waals surface area contributed by atoms with Crippen LogP contribution in [0.5, 0.6) is 11.5 Å². The van der Waals surface area contributed by atoms with Crippen molar-refractivity contribution < 1.29 is 14.6 Å². The lowest BCUT2D eigenvalue weighted by molar-refractivity contribution is 0.0940. The molecule has 0 aromatic heterocycles. The Morgan fingerprint density at radius 1 is 1.37 bits per heavy atom. The molecule has 104 valence electrons. The highest BCUT2D eigenvalue weighted by Crippen LogP contribution is 2.24. The molecule has 2 N–H and O–H groups in total. The Morgan fingerprint density at radius 3 is 2.79 bits per heavy atom. The van der Waals surface area contributed by atoms with Gasteiger partial charge in [0.2, 0.25) is 0 Å². The number of benzene rings is 1. The molecule has 1 aliphatic carbocycles. The maximum Gasteiger partial charge on any atom is 0.255 e. The van der Waals surface area contributed by atoms with E-state index < -0.39 is 0 Å². The highest BCUT2D eigenvalue weighted by molar-refractivity contribution is 5.97. The standard InChI is InChI=1S/C15H21NO3/c1-19-12-7-8-14(17)13(9-12)15(18)16-10-11-5-3-2-4-6-11/h7-9,11,17H,2-6,10H2,1H3,(H,16,18). The maximum atomic E-state index is 12.0. The monoisotopic (exact) mass is 263 g/mol. The summed E-state index contributed by atoms with van der Waals surface area (Å²) >= 11 is 0. The van der Waals surface area contributed by atoms with Gasteiger partial charge in [-0.3, -0.25) is 4.79 Å². The van der Waals surface area contributed by atoms with Gasteiger partial charge in [0.1, 0.15) is 11.5 Å². The fourth-order valence-corrected chi connectivity index (χ4v) is 2.55. The molecular weight excluding hydrogens is 242 g/mol. The minimum atomic E-state index is -0.234. The normalized spacial score (nSPS) is 16.1. The van der Waals surface area contributed by atoms with Gasteiger partial charge in [-0.05, 0) is 37.0 Å². The molecular formula is C15H21NO3. The molecule has 0 saturated heterocycles. The Morgan fingerprint density at radius 2 is 2.11 bits per heavy atom. The predicted octanol–water partition coefficient (Wildman–Crippen LogP) is 2.71. The van der Waals surface area contributed by atoms with Crippen molar-refractivity contribution in [3.05, 3.63) is 23.8 Å². The molecule has 1 aromatic carbocycles. The van der Waals surface area contributed by atoms with E-state index in [2.05, 4.69) is 5.32 Å². The van der Waals surface area contributed by atoms with Gasteiger partial charge in [0.25, 0.3) is 5.91 Å². The first kappa shape index (κ1) is 13.7. The molecule has 0 spiro atoms. The van der Waals surface area contributed by atoms with Gasteiger partial charge in [0, 0.05) is 6.54 Å². The van der Waals surface area contributed by atoms with Crippen LogP contribution in [0.25, 0.3) is 0 Å². The van der Waals surface area contributed by atoms with Crippen LogP contribution in [0, 0.1) is 5.92 Å². The third kappa shape index (κ3) is 3.63. The first-order valence-corrected chi connectivity index (χ1v) is 6.86. The summed E-state index contributed by atoms with van der Waals surface area (Å²) in [6, 6.07) is 4.67. The second kappa shape index (κ2) is 6.45. The number of amides is 1. The van der Waals surface area contributed by atoms with Crippen molar-refractivity contribution in [3.8, 4) is 11.5 Å². The topological polar surface area (TPSA) is 58.6 Å². The highest BCUT2D eigenvalue weighted by atomic mass is 16.5. The molecule has 4 heteroatoms. The van der Waals surface area contributed by atoms with Crippen molar-refractivity contribution in [3.63, 3.8) is 0 Å². The summed E-state index contributed by atoms with van der Waals surface area (Å²) in [6.45, 7) is 0.690. The summed E-state index contributed by atoms with van der Waals surface area (Å²) in [4.78, 5) is 12.0. The van der Waals surface area contributed by atoms with Gasteiger partial charge in [-0.25, -0.2) is 0 Å². The lowest BCUT2D eigenvalue weighted by atomic mass is 9.89. The van der Waals surface area contributed by atoms with Gasteiger partial charge >= 0.3 is 0 Å². The average molecular weight is 263 g/mol. The molecule has 0 aliphatic heterocycles. The second-order valence-corrected chi connectivity index (χ2v) is 5.10. The Balaban J connectivity index is 1.95. The number of carbonyl (C=O) groups is 1. The molecule has 1 aromatic rings. The van der Waals surface area contributed by atoms with Gasteiger partial charge in [0.15, 0.2) is 0 Å². The molecule has 19 heavy (non-hydrogen) atoms. The highest BCUT2D eigenvalue weighted by Gasteiger charge is 2.16. The van der Waals surface area contributed by atoms with E-state index in [-0.39, 0.29) is 17.2 Å². The lowest BCUT2D eigenvalue weighted by Crippen LogP contribution is -2.30. The van der Waals surface area contributed by atoms with Crippen molar-refractivity contribution in [1.29, 1.82) is 0 Å². The molecule has 4 nitrogen and oxygen atoms in total. The number of aromatic hydroxyl groups is 1. The minimum Gasteiger partial charge on any atom is -0.507 e. The zero-order valence-corrected chi connectivity index (χ0v) is 11.3. The van der Waals surface area contributed by atoms with Crippen LogP contribution in [0.15, 0.2) is 18.2 Å². The number of hydrogen-bond acceptors (Lipinski definition) is 3. The van der Waals surface area contributed by atoms with Crippen LogP contribution in [0.1, 0.15) is 42.5 Å². The number of rotatable bonds is 4. The Labute approximate surface area is 113 Å². The van der Waals surface area contributed by atoms with E-state index in [1.807, 2.05) is 0 Å². The van der Waals surface area contributed by atoms with Gasteiger partial charge in [-0.2, -0.15) is 0 Å². The van der Waals surface area contributed by atoms with E-state index in [4.69, 9.17) is 4.74 Å². The van der Waals surface area contributed by atoms with Crippen molar-refractivity contribution in [2.24, 2.45) is 5.92 Å². The molecule has 0 heterocycles. The number of carbonyl (C=O) groups excluding carboxylic acids is 1. The minimum absolute atomic E-state index is 0.0121. The van der Waals surface area contributed by atoms with E-state index in [9.17, 15) is 9.90 Å². The van der Waals surface area contributed by atoms with Crippen LogP contribution >= 0.6 is 0 Å². The predicted molar refractivity (Wildman–Crippen MR) is 73.6 cm³/mol. The molecule has 1 aliphatic rings. The summed E-state index contributed by atoms with van der Waals surface area (Å²) in [7, 11) is 1.54. The van der Waals surface area contributed by atoms with Gasteiger partial charge in [-0.1, -0.05) is 19.3 Å². The van der Waals surface area contributed by atoms with Crippen LogP contribution in [0.4, 0.5) is 0 Å². The van der Waals surface area contributed by atoms with E-state index in [0.29, 0.717) is 18.2 Å². The largest absolute Gasteiger partial charge is 0.507 e. The summed E-state index contributed by atoms with van der Waals surface area (Å²) < 4.78 is 5.06. The van der Waals surface area contributed by atoms with Crippen LogP contribution < -0.4 is 10.1 Å². The van der Waals surface area contributed by atoms with Crippen LogP contribution in [-0.4, -0.2) is 24.7 Å². The van der Waals surface area contributed by atoms with E-state index in [1.54, 1.807) is 12.1 Å². The quantitative estimate of drug-likeness (QED) is 0.878. The zero-order valence-electron chi connectivity index (χ0n) is 11.3. The number of methoxy groups -OCH3 is 1. The molecule has 1 saturated carbocycles. The molecule has 0 radical (unpaired) electrons. The number of nitrogens with one attached hydrogen (secondary N) is 1. The fraction of sp³-hybridized carbons (Fsp3) is 0.533. The van der Waals surface area contributed by atoms with Crippen LogP contribution in [0.3, 0.4) is 0 Å². The van der Waals surface area contributed by atoms with Gasteiger partial charge < -0.3 is 15.2 Å². The van der Waals surface area contributed by atoms with Crippen LogP contribution in [-0.2, 0) is 0 Å². The second-order valence-electron chi connectivity index (χ2n) is 5.10. The number of hydrogen-bond donors (Lipinski definition) is 2. The van der Waals surface area contributed by atoms with Crippen molar-refractivity contribution >= 4 is 5.91 Å². The summed E-state index contributed by atoms with van der Waals surface area (Å²) in [5.41, 5.74) is 0.273. The Kier molecular flexibility index (Phi) is 4.66. The number of ether oxygens (including phenoxy) is 1. The summed E-state index contributed by atoms with van der Waals surface area (Å²) in [6.07, 6.45) is 6.19. The summed E-state index contributed by atoms with van der Waals surface area (Å²) in [5.74, 6) is 0.898. The molecule has 1 amide bonds. The first-order valence-electron chi connectivity index (χ1n) is 6.86. The van der Waals surface area contributed by atoms with E-state index in [0.717, 1.165) is 0 Å². The molecule has 2 rings (SSSR count). The average Bonchev–Trinajstić information content (AvgIpc) is 2.46. The van der Waals surface area contributed by atoms with E-state index in [1.165, 1.54) is 45.3 Å². The van der Waals surface area contributed by atoms with Gasteiger partial charge in [0.05, 0.1) is 12.7 Å². The van der Waals surface area contributed by atoms with E-state index >= 15 is 0 Å². The smallest absolute Gasteiger partial charge is 0.255 e. The summed E-state index contributed by atoms with van der Waals surface area (Å²) in [5, 5.41) is 12.6. The third-order valence-corrected chi connectivity index (χ3v) is 3.72. The SMILES string of the molecule is COc1ccc(O)c(C(=O)NCC2CCCCC2)c1. The fourth-order valence-electron chi connectivity index (χ4n) is 2.55. The number of phenols is 1. The van der Waals surface area contributed by atoms with Crippen LogP contribution in [0.2, 0.25) is 0 Å². The number of phenolic OH excluding ortho intramolecular Hbond substituents is 1. The molecule has 0 bridgehead atoms. The maximum absolute atomic E-state index is 12.0. The lowest BCUT2D eigenvalue weighted by Gasteiger charge is -2.21. The molecule has 0 atom stereocenters. The Hall–Kier alpha value is -1.71. The molecule has 1 fully saturated rings. The Bertz CT molecular complexity index is 439. The molecule has 0 unspecified atom stereocenters.